The van der Waals surface area contributed by atoms with E-state index in [2.05, 4.69) is 21.7 Å². The molecule has 5 rings (SSSR count). The smallest absolute Gasteiger partial charge is 0.257 e. The molecule has 2 aliphatic rings. The highest BCUT2D eigenvalue weighted by Gasteiger charge is 2.24. The number of benzene rings is 1. The highest BCUT2D eigenvalue weighted by molar-refractivity contribution is 5.97. The maximum Gasteiger partial charge on any atom is 0.257 e. The fourth-order valence-electron chi connectivity index (χ4n) is 4.78. The number of likely N-dealkylation sites (tertiary alicyclic amines) is 1. The molecule has 0 aliphatic carbocycles. The van der Waals surface area contributed by atoms with Crippen molar-refractivity contribution >= 4 is 11.6 Å². The lowest BCUT2D eigenvalue weighted by Gasteiger charge is -2.35. The summed E-state index contributed by atoms with van der Waals surface area (Å²) in [5, 5.41) is 0. The highest BCUT2D eigenvalue weighted by atomic mass is 16.5. The molecule has 0 bridgehead atoms. The summed E-state index contributed by atoms with van der Waals surface area (Å²) in [7, 11) is 0. The molecule has 174 valence electrons. The predicted molar refractivity (Wildman–Crippen MR) is 129 cm³/mol. The fourth-order valence-corrected chi connectivity index (χ4v) is 4.78. The van der Waals surface area contributed by atoms with Crippen LogP contribution in [0.3, 0.4) is 0 Å². The van der Waals surface area contributed by atoms with Crippen molar-refractivity contribution in [2.45, 2.75) is 26.4 Å². The number of piperazine rings is 1. The second kappa shape index (κ2) is 9.93. The molecule has 7 heteroatoms. The van der Waals surface area contributed by atoms with E-state index < -0.39 is 0 Å². The summed E-state index contributed by atoms with van der Waals surface area (Å²) in [6.07, 6.45) is 6.70. The minimum atomic E-state index is 0.0513. The van der Waals surface area contributed by atoms with Crippen molar-refractivity contribution in [3.8, 4) is 5.75 Å². The van der Waals surface area contributed by atoms with Crippen LogP contribution >= 0.6 is 0 Å². The molecule has 0 radical (unpaired) electrons. The highest BCUT2D eigenvalue weighted by Crippen LogP contribution is 2.22. The van der Waals surface area contributed by atoms with Gasteiger partial charge in [0.2, 0.25) is 0 Å². The molecule has 0 atom stereocenters. The molecule has 2 saturated heterocycles. The van der Waals surface area contributed by atoms with Crippen molar-refractivity contribution in [2.24, 2.45) is 0 Å². The van der Waals surface area contributed by atoms with Crippen LogP contribution in [0, 0.1) is 6.92 Å². The first kappa shape index (κ1) is 21.9. The van der Waals surface area contributed by atoms with Gasteiger partial charge in [-0.05, 0) is 56.6 Å². The van der Waals surface area contributed by atoms with Gasteiger partial charge in [0.15, 0.2) is 0 Å². The Bertz CT molecular complexity index is 1100. The number of carbonyl (C=O) groups is 1. The number of hydrogen-bond donors (Lipinski definition) is 0. The third-order valence-electron chi connectivity index (χ3n) is 6.73. The largest absolute Gasteiger partial charge is 0.486 e. The summed E-state index contributed by atoms with van der Waals surface area (Å²) < 4.78 is 8.08. The molecule has 2 aromatic heterocycles. The van der Waals surface area contributed by atoms with E-state index in [0.29, 0.717) is 17.9 Å². The van der Waals surface area contributed by atoms with Gasteiger partial charge in [-0.1, -0.05) is 18.2 Å². The van der Waals surface area contributed by atoms with Crippen LogP contribution in [-0.4, -0.2) is 82.3 Å². The molecule has 0 saturated carbocycles. The fraction of sp³-hybridized carbons (Fsp3) is 0.462. The number of rotatable bonds is 7. The number of fused-ring (bicyclic) bond motifs is 1. The third kappa shape index (κ3) is 5.20. The average Bonchev–Trinajstić information content (AvgIpc) is 3.51. The normalized spacial score (nSPS) is 17.7. The van der Waals surface area contributed by atoms with Crippen molar-refractivity contribution < 1.29 is 9.53 Å². The summed E-state index contributed by atoms with van der Waals surface area (Å²) in [6.45, 7) is 10.5. The zero-order valence-corrected chi connectivity index (χ0v) is 19.4. The Kier molecular flexibility index (Phi) is 6.60. The molecule has 0 spiro atoms. The number of amides is 1. The van der Waals surface area contributed by atoms with Crippen molar-refractivity contribution in [3.63, 3.8) is 0 Å². The van der Waals surface area contributed by atoms with Crippen LogP contribution in [-0.2, 0) is 6.61 Å². The molecule has 2 fully saturated rings. The molecular formula is C26H33N5O2. The minimum Gasteiger partial charge on any atom is -0.486 e. The van der Waals surface area contributed by atoms with Gasteiger partial charge in [0.05, 0.1) is 11.3 Å². The van der Waals surface area contributed by atoms with E-state index in [1.165, 1.54) is 31.5 Å². The lowest BCUT2D eigenvalue weighted by Crippen LogP contribution is -2.50. The van der Waals surface area contributed by atoms with Crippen LogP contribution in [0.15, 0.2) is 48.8 Å². The zero-order valence-electron chi connectivity index (χ0n) is 19.4. The Labute approximate surface area is 195 Å². The molecule has 0 N–H and O–H groups in total. The van der Waals surface area contributed by atoms with Gasteiger partial charge in [0, 0.05) is 51.7 Å². The summed E-state index contributed by atoms with van der Waals surface area (Å²) in [5.74, 6) is 0.669. The number of imidazole rings is 1. The molecule has 3 aromatic rings. The molecule has 1 amide bonds. The van der Waals surface area contributed by atoms with Crippen LogP contribution in [0.25, 0.3) is 5.65 Å². The summed E-state index contributed by atoms with van der Waals surface area (Å²) >= 11 is 0. The standard InChI is InChI=1S/C26H33N5O2/c1-21-8-9-25-27-22(19-31(25)18-21)20-33-24-7-3-2-6-23(24)26(32)30-16-14-29(15-17-30)13-12-28-10-4-5-11-28/h2-3,6-9,18-19H,4-5,10-17,20H2,1H3. The second-order valence-electron chi connectivity index (χ2n) is 9.17. The van der Waals surface area contributed by atoms with Crippen LogP contribution in [0.4, 0.5) is 0 Å². The van der Waals surface area contributed by atoms with E-state index in [0.717, 1.165) is 50.6 Å². The van der Waals surface area contributed by atoms with Crippen molar-refractivity contribution in [2.75, 3.05) is 52.4 Å². The molecular weight excluding hydrogens is 414 g/mol. The number of aryl methyl sites for hydroxylation is 1. The Morgan fingerprint density at radius 2 is 1.64 bits per heavy atom. The van der Waals surface area contributed by atoms with Crippen LogP contribution < -0.4 is 4.74 Å². The van der Waals surface area contributed by atoms with Gasteiger partial charge in [-0.25, -0.2) is 4.98 Å². The molecule has 0 unspecified atom stereocenters. The lowest BCUT2D eigenvalue weighted by atomic mass is 10.1. The van der Waals surface area contributed by atoms with Crippen molar-refractivity contribution in [1.82, 2.24) is 24.1 Å². The van der Waals surface area contributed by atoms with Gasteiger partial charge in [-0.15, -0.1) is 0 Å². The van der Waals surface area contributed by atoms with E-state index in [9.17, 15) is 4.79 Å². The molecule has 4 heterocycles. The van der Waals surface area contributed by atoms with Gasteiger partial charge >= 0.3 is 0 Å². The maximum atomic E-state index is 13.3. The summed E-state index contributed by atoms with van der Waals surface area (Å²) in [6, 6.07) is 11.6. The van der Waals surface area contributed by atoms with Gasteiger partial charge < -0.3 is 18.9 Å². The van der Waals surface area contributed by atoms with Gasteiger partial charge in [0.1, 0.15) is 18.0 Å². The van der Waals surface area contributed by atoms with E-state index in [4.69, 9.17) is 4.74 Å². The SMILES string of the molecule is Cc1ccc2nc(COc3ccccc3C(=O)N3CCN(CCN4CCCC4)CC3)cn2c1. The number of ether oxygens (including phenoxy) is 1. The molecule has 33 heavy (non-hydrogen) atoms. The molecule has 2 aliphatic heterocycles. The predicted octanol–water partition coefficient (Wildman–Crippen LogP) is 3.08. The van der Waals surface area contributed by atoms with Gasteiger partial charge in [-0.3, -0.25) is 9.69 Å². The van der Waals surface area contributed by atoms with Crippen molar-refractivity contribution in [1.29, 1.82) is 0 Å². The number of hydrogen-bond acceptors (Lipinski definition) is 5. The van der Waals surface area contributed by atoms with Crippen LogP contribution in [0.1, 0.15) is 34.5 Å². The van der Waals surface area contributed by atoms with E-state index in [-0.39, 0.29) is 5.91 Å². The Morgan fingerprint density at radius 1 is 0.909 bits per heavy atom. The van der Waals surface area contributed by atoms with Crippen LogP contribution in [0.5, 0.6) is 5.75 Å². The van der Waals surface area contributed by atoms with E-state index >= 15 is 0 Å². The van der Waals surface area contributed by atoms with Gasteiger partial charge in [-0.2, -0.15) is 0 Å². The number of para-hydroxylation sites is 1. The number of carbonyl (C=O) groups excluding carboxylic acids is 1. The third-order valence-corrected chi connectivity index (χ3v) is 6.73. The Balaban J connectivity index is 1.18. The first-order chi connectivity index (χ1) is 16.2. The van der Waals surface area contributed by atoms with Crippen molar-refractivity contribution in [3.05, 3.63) is 65.6 Å². The number of pyridine rings is 1. The molecule has 7 nitrogen and oxygen atoms in total. The first-order valence-corrected chi connectivity index (χ1v) is 12.1. The topological polar surface area (TPSA) is 53.3 Å². The summed E-state index contributed by atoms with van der Waals surface area (Å²) in [5.41, 5.74) is 3.54. The number of nitrogens with zero attached hydrogens (tertiary/aromatic N) is 5. The van der Waals surface area contributed by atoms with E-state index in [1.807, 2.05) is 58.1 Å². The minimum absolute atomic E-state index is 0.0513. The lowest BCUT2D eigenvalue weighted by molar-refractivity contribution is 0.0622. The maximum absolute atomic E-state index is 13.3. The first-order valence-electron chi connectivity index (χ1n) is 12.1. The zero-order chi connectivity index (χ0) is 22.6. The monoisotopic (exact) mass is 447 g/mol. The summed E-state index contributed by atoms with van der Waals surface area (Å²) in [4.78, 5) is 24.9. The van der Waals surface area contributed by atoms with Gasteiger partial charge in [0.25, 0.3) is 5.91 Å². The molecule has 1 aromatic carbocycles. The second-order valence-corrected chi connectivity index (χ2v) is 9.17. The quantitative estimate of drug-likeness (QED) is 0.557. The average molecular weight is 448 g/mol. The Hall–Kier alpha value is -2.90. The Morgan fingerprint density at radius 3 is 2.42 bits per heavy atom. The van der Waals surface area contributed by atoms with E-state index in [1.54, 1.807) is 0 Å². The number of aromatic nitrogens is 2. The van der Waals surface area contributed by atoms with Crippen LogP contribution in [0.2, 0.25) is 0 Å².